The number of pyridine rings is 1. The fourth-order valence-electron chi connectivity index (χ4n) is 1.59. The van der Waals surface area contributed by atoms with Gasteiger partial charge in [0.25, 0.3) is 0 Å². The lowest BCUT2D eigenvalue weighted by Gasteiger charge is -2.16. The third-order valence-electron chi connectivity index (χ3n) is 2.58. The summed E-state index contributed by atoms with van der Waals surface area (Å²) in [7, 11) is 0. The first-order valence-electron chi connectivity index (χ1n) is 5.61. The normalized spacial score (nSPS) is 10.5. The van der Waals surface area contributed by atoms with E-state index in [0.717, 1.165) is 29.9 Å². The number of rotatable bonds is 5. The monoisotopic (exact) mass is 237 g/mol. The van der Waals surface area contributed by atoms with Gasteiger partial charge in [-0.3, -0.25) is 0 Å². The summed E-state index contributed by atoms with van der Waals surface area (Å²) in [4.78, 5) is 4.84. The van der Waals surface area contributed by atoms with E-state index in [1.54, 1.807) is 0 Å². The molecule has 3 nitrogen and oxygen atoms in total. The number of aromatic nitrogens is 1. The van der Waals surface area contributed by atoms with Crippen LogP contribution in [0.15, 0.2) is 12.1 Å². The summed E-state index contributed by atoms with van der Waals surface area (Å²) in [6, 6.07) is 4.27. The van der Waals surface area contributed by atoms with Crippen molar-refractivity contribution in [3.63, 3.8) is 0 Å². The van der Waals surface area contributed by atoms with E-state index < -0.39 is 0 Å². The van der Waals surface area contributed by atoms with Gasteiger partial charge in [0, 0.05) is 17.3 Å². The highest BCUT2D eigenvalue weighted by atomic mass is 32.1. The molecule has 88 valence electrons. The smallest absolute Gasteiger partial charge is 0.127 e. The number of hydrogen-bond acceptors (Lipinski definition) is 3. The van der Waals surface area contributed by atoms with Gasteiger partial charge in [-0.25, -0.2) is 4.98 Å². The van der Waals surface area contributed by atoms with E-state index in [9.17, 15) is 0 Å². The van der Waals surface area contributed by atoms with Gasteiger partial charge in [-0.1, -0.05) is 26.1 Å². The van der Waals surface area contributed by atoms with Gasteiger partial charge in [0.2, 0.25) is 0 Å². The molecule has 1 heterocycles. The molecule has 1 aromatic heterocycles. The molecular weight excluding hydrogens is 218 g/mol. The largest absolute Gasteiger partial charge is 0.389 e. The first-order chi connectivity index (χ1) is 7.56. The van der Waals surface area contributed by atoms with Crippen LogP contribution in [0.4, 0.5) is 5.82 Å². The van der Waals surface area contributed by atoms with Crippen molar-refractivity contribution >= 4 is 23.0 Å². The van der Waals surface area contributed by atoms with Crippen molar-refractivity contribution < 1.29 is 0 Å². The number of nitrogens with one attached hydrogen (secondary N) is 1. The van der Waals surface area contributed by atoms with Crippen molar-refractivity contribution in [3.8, 4) is 0 Å². The summed E-state index contributed by atoms with van der Waals surface area (Å²) in [5, 5.41) is 3.39. The van der Waals surface area contributed by atoms with Crippen molar-refractivity contribution in [2.24, 2.45) is 5.73 Å². The maximum atomic E-state index is 5.62. The van der Waals surface area contributed by atoms with E-state index in [1.807, 2.05) is 19.1 Å². The number of hydrogen-bond donors (Lipinski definition) is 2. The van der Waals surface area contributed by atoms with Gasteiger partial charge in [0.05, 0.1) is 0 Å². The maximum Gasteiger partial charge on any atom is 0.127 e. The zero-order valence-corrected chi connectivity index (χ0v) is 10.9. The molecule has 0 aromatic carbocycles. The summed E-state index contributed by atoms with van der Waals surface area (Å²) < 4.78 is 0. The number of thiocarbonyl (C=S) groups is 1. The Morgan fingerprint density at radius 2 is 2.06 bits per heavy atom. The standard InChI is InChI=1S/C12H19N3S/c1-4-10(5-2)15-11-7-9(12(13)16)6-8(3)14-11/h6-7,10H,4-5H2,1-3H3,(H2,13,16)(H,14,15). The Hall–Kier alpha value is -1.16. The molecule has 0 aliphatic rings. The molecule has 4 heteroatoms. The molecule has 0 atom stereocenters. The highest BCUT2D eigenvalue weighted by Crippen LogP contribution is 2.13. The summed E-state index contributed by atoms with van der Waals surface area (Å²) in [6.07, 6.45) is 2.16. The van der Waals surface area contributed by atoms with Crippen LogP contribution in [0.25, 0.3) is 0 Å². The van der Waals surface area contributed by atoms with E-state index in [2.05, 4.69) is 24.1 Å². The predicted molar refractivity (Wildman–Crippen MR) is 72.9 cm³/mol. The minimum Gasteiger partial charge on any atom is -0.389 e. The average Bonchev–Trinajstić information content (AvgIpc) is 2.25. The quantitative estimate of drug-likeness (QED) is 0.773. The van der Waals surface area contributed by atoms with Crippen molar-refractivity contribution in [1.82, 2.24) is 4.98 Å². The van der Waals surface area contributed by atoms with Crippen LogP contribution in [0.2, 0.25) is 0 Å². The first-order valence-corrected chi connectivity index (χ1v) is 6.02. The Kier molecular flexibility index (Phi) is 4.68. The molecule has 0 bridgehead atoms. The molecule has 0 aliphatic carbocycles. The van der Waals surface area contributed by atoms with Crippen LogP contribution in [0, 0.1) is 6.92 Å². The molecule has 3 N–H and O–H groups in total. The van der Waals surface area contributed by atoms with Gasteiger partial charge >= 0.3 is 0 Å². The van der Waals surface area contributed by atoms with Crippen LogP contribution in [0.1, 0.15) is 37.9 Å². The molecule has 0 spiro atoms. The lowest BCUT2D eigenvalue weighted by molar-refractivity contribution is 0.668. The van der Waals surface area contributed by atoms with Crippen LogP contribution in [-0.2, 0) is 0 Å². The van der Waals surface area contributed by atoms with Gasteiger partial charge in [-0.05, 0) is 31.9 Å². The van der Waals surface area contributed by atoms with Gasteiger partial charge in [0.1, 0.15) is 10.8 Å². The summed E-state index contributed by atoms with van der Waals surface area (Å²) >= 11 is 4.97. The minimum absolute atomic E-state index is 0.415. The minimum atomic E-state index is 0.415. The summed E-state index contributed by atoms with van der Waals surface area (Å²) in [5.74, 6) is 0.858. The molecule has 0 aliphatic heterocycles. The topological polar surface area (TPSA) is 50.9 Å². The first kappa shape index (κ1) is 12.9. The average molecular weight is 237 g/mol. The molecule has 0 fully saturated rings. The number of nitrogens with two attached hydrogens (primary N) is 1. The molecule has 0 radical (unpaired) electrons. The molecule has 1 aromatic rings. The Morgan fingerprint density at radius 1 is 1.44 bits per heavy atom. The zero-order valence-electron chi connectivity index (χ0n) is 10.1. The Balaban J connectivity index is 2.91. The van der Waals surface area contributed by atoms with Crippen LogP contribution in [-0.4, -0.2) is 16.0 Å². The van der Waals surface area contributed by atoms with E-state index in [-0.39, 0.29) is 0 Å². The molecular formula is C12H19N3S. The lowest BCUT2D eigenvalue weighted by atomic mass is 10.1. The van der Waals surface area contributed by atoms with Crippen LogP contribution < -0.4 is 11.1 Å². The van der Waals surface area contributed by atoms with Gasteiger partial charge < -0.3 is 11.1 Å². The van der Waals surface area contributed by atoms with Gasteiger partial charge in [0.15, 0.2) is 0 Å². The van der Waals surface area contributed by atoms with Gasteiger partial charge in [-0.15, -0.1) is 0 Å². The third kappa shape index (κ3) is 3.45. The van der Waals surface area contributed by atoms with Crippen molar-refractivity contribution in [2.75, 3.05) is 5.32 Å². The summed E-state index contributed by atoms with van der Waals surface area (Å²) in [5.41, 5.74) is 7.42. The fourth-order valence-corrected chi connectivity index (χ4v) is 1.70. The molecule has 0 saturated carbocycles. The van der Waals surface area contributed by atoms with Crippen molar-refractivity contribution in [2.45, 2.75) is 39.7 Å². The van der Waals surface area contributed by atoms with E-state index >= 15 is 0 Å². The van der Waals surface area contributed by atoms with E-state index in [1.165, 1.54) is 0 Å². The number of nitrogens with zero attached hydrogens (tertiary/aromatic N) is 1. The highest BCUT2D eigenvalue weighted by Gasteiger charge is 2.06. The highest BCUT2D eigenvalue weighted by molar-refractivity contribution is 7.80. The second-order valence-electron chi connectivity index (χ2n) is 3.90. The van der Waals surface area contributed by atoms with E-state index in [0.29, 0.717) is 11.0 Å². The molecule has 16 heavy (non-hydrogen) atoms. The molecule has 0 saturated heterocycles. The Morgan fingerprint density at radius 3 is 2.56 bits per heavy atom. The van der Waals surface area contributed by atoms with Crippen molar-refractivity contribution in [3.05, 3.63) is 23.4 Å². The third-order valence-corrected chi connectivity index (χ3v) is 2.81. The maximum absolute atomic E-state index is 5.62. The Bertz CT molecular complexity index is 373. The summed E-state index contributed by atoms with van der Waals surface area (Å²) in [6.45, 7) is 6.26. The van der Waals surface area contributed by atoms with E-state index in [4.69, 9.17) is 18.0 Å². The van der Waals surface area contributed by atoms with Crippen LogP contribution in [0.5, 0.6) is 0 Å². The molecule has 1 rings (SSSR count). The number of aryl methyl sites for hydroxylation is 1. The van der Waals surface area contributed by atoms with Crippen LogP contribution >= 0.6 is 12.2 Å². The van der Waals surface area contributed by atoms with Crippen LogP contribution in [0.3, 0.4) is 0 Å². The van der Waals surface area contributed by atoms with Gasteiger partial charge in [-0.2, -0.15) is 0 Å². The zero-order chi connectivity index (χ0) is 12.1. The molecule has 0 unspecified atom stereocenters. The fraction of sp³-hybridized carbons (Fsp3) is 0.500. The second-order valence-corrected chi connectivity index (χ2v) is 4.34. The lowest BCUT2D eigenvalue weighted by Crippen LogP contribution is -2.19. The SMILES string of the molecule is CCC(CC)Nc1cc(C(N)=S)cc(C)n1. The molecule has 0 amide bonds. The number of anilines is 1. The van der Waals surface area contributed by atoms with Crippen molar-refractivity contribution in [1.29, 1.82) is 0 Å². The second kappa shape index (κ2) is 5.80. The predicted octanol–water partition coefficient (Wildman–Crippen LogP) is 2.62. The Labute approximate surface area is 102 Å².